The third-order valence-corrected chi connectivity index (χ3v) is 4.24. The van der Waals surface area contributed by atoms with Gasteiger partial charge < -0.3 is 15.4 Å². The van der Waals surface area contributed by atoms with Crippen molar-refractivity contribution in [1.29, 1.82) is 0 Å². The summed E-state index contributed by atoms with van der Waals surface area (Å²) in [5, 5.41) is 10.7. The fourth-order valence-corrected chi connectivity index (χ4v) is 2.94. The first-order valence-electron chi connectivity index (χ1n) is 8.48. The SMILES string of the molecule is CCOc1ccc(NC(=O)c2ccn(C3CCCNC3)n2)c(C)c1. The van der Waals surface area contributed by atoms with Crippen molar-refractivity contribution >= 4 is 11.6 Å². The maximum absolute atomic E-state index is 12.4. The summed E-state index contributed by atoms with van der Waals surface area (Å²) in [4.78, 5) is 12.4. The van der Waals surface area contributed by atoms with Crippen molar-refractivity contribution in [3.05, 3.63) is 41.7 Å². The van der Waals surface area contributed by atoms with E-state index in [2.05, 4.69) is 15.7 Å². The molecule has 1 aliphatic rings. The highest BCUT2D eigenvalue weighted by atomic mass is 16.5. The van der Waals surface area contributed by atoms with Crippen molar-refractivity contribution in [2.45, 2.75) is 32.7 Å². The Balaban J connectivity index is 1.67. The number of aryl methyl sites for hydroxylation is 1. The van der Waals surface area contributed by atoms with Gasteiger partial charge in [0.25, 0.3) is 5.91 Å². The number of carbonyl (C=O) groups is 1. The van der Waals surface area contributed by atoms with Crippen LogP contribution in [0.5, 0.6) is 5.75 Å². The molecule has 128 valence electrons. The molecule has 24 heavy (non-hydrogen) atoms. The molecular weight excluding hydrogens is 304 g/mol. The molecule has 0 aliphatic carbocycles. The number of hydrogen-bond acceptors (Lipinski definition) is 4. The standard InChI is InChI=1S/C18H24N4O2/c1-3-24-15-6-7-16(13(2)11-15)20-18(23)17-8-10-22(21-17)14-5-4-9-19-12-14/h6-8,10-11,14,19H,3-5,9,12H2,1-2H3,(H,20,23). The van der Waals surface area contributed by atoms with Crippen LogP contribution in [-0.4, -0.2) is 35.4 Å². The van der Waals surface area contributed by atoms with Crippen LogP contribution in [0.2, 0.25) is 0 Å². The van der Waals surface area contributed by atoms with Crippen molar-refractivity contribution in [2.75, 3.05) is 25.0 Å². The van der Waals surface area contributed by atoms with Crippen molar-refractivity contribution in [3.63, 3.8) is 0 Å². The normalized spacial score (nSPS) is 17.5. The van der Waals surface area contributed by atoms with E-state index >= 15 is 0 Å². The van der Waals surface area contributed by atoms with Gasteiger partial charge in [-0.3, -0.25) is 9.48 Å². The van der Waals surface area contributed by atoms with Crippen molar-refractivity contribution < 1.29 is 9.53 Å². The Kier molecular flexibility index (Phi) is 5.15. The fourth-order valence-electron chi connectivity index (χ4n) is 2.94. The molecule has 3 rings (SSSR count). The molecule has 1 unspecified atom stereocenters. The molecule has 6 heteroatoms. The van der Waals surface area contributed by atoms with E-state index in [4.69, 9.17) is 4.74 Å². The van der Waals surface area contributed by atoms with Gasteiger partial charge in [-0.2, -0.15) is 5.10 Å². The second-order valence-corrected chi connectivity index (χ2v) is 6.05. The number of nitrogens with zero attached hydrogens (tertiary/aromatic N) is 2. The number of anilines is 1. The van der Waals surface area contributed by atoms with Crippen molar-refractivity contribution in [2.24, 2.45) is 0 Å². The zero-order valence-corrected chi connectivity index (χ0v) is 14.2. The predicted octanol–water partition coefficient (Wildman–Crippen LogP) is 2.77. The van der Waals surface area contributed by atoms with Crippen molar-refractivity contribution in [3.8, 4) is 5.75 Å². The van der Waals surface area contributed by atoms with Gasteiger partial charge in [0.1, 0.15) is 5.75 Å². The molecule has 6 nitrogen and oxygen atoms in total. The monoisotopic (exact) mass is 328 g/mol. The molecule has 0 spiro atoms. The summed E-state index contributed by atoms with van der Waals surface area (Å²) >= 11 is 0. The minimum atomic E-state index is -0.190. The molecule has 0 radical (unpaired) electrons. The molecule has 1 fully saturated rings. The molecular formula is C18H24N4O2. The van der Waals surface area contributed by atoms with E-state index in [9.17, 15) is 4.79 Å². The predicted molar refractivity (Wildman–Crippen MR) is 93.7 cm³/mol. The summed E-state index contributed by atoms with van der Waals surface area (Å²) in [7, 11) is 0. The van der Waals surface area contributed by atoms with Gasteiger partial charge >= 0.3 is 0 Å². The Labute approximate surface area is 142 Å². The molecule has 1 amide bonds. The second-order valence-electron chi connectivity index (χ2n) is 6.05. The smallest absolute Gasteiger partial charge is 0.276 e. The van der Waals surface area contributed by atoms with Crippen LogP contribution in [0.4, 0.5) is 5.69 Å². The number of hydrogen-bond donors (Lipinski definition) is 2. The Morgan fingerprint density at radius 3 is 3.04 bits per heavy atom. The van der Waals surface area contributed by atoms with Gasteiger partial charge in [-0.05, 0) is 63.1 Å². The fraction of sp³-hybridized carbons (Fsp3) is 0.444. The number of carbonyl (C=O) groups excluding carboxylic acids is 1. The summed E-state index contributed by atoms with van der Waals surface area (Å²) in [5.74, 6) is 0.617. The number of aromatic nitrogens is 2. The van der Waals surface area contributed by atoms with Crippen LogP contribution in [0.25, 0.3) is 0 Å². The lowest BCUT2D eigenvalue weighted by Gasteiger charge is -2.22. The van der Waals surface area contributed by atoms with Crippen LogP contribution < -0.4 is 15.4 Å². The van der Waals surface area contributed by atoms with E-state index in [-0.39, 0.29) is 5.91 Å². The van der Waals surface area contributed by atoms with Crippen molar-refractivity contribution in [1.82, 2.24) is 15.1 Å². The summed E-state index contributed by atoms with van der Waals surface area (Å²) < 4.78 is 7.36. The maximum Gasteiger partial charge on any atom is 0.276 e. The van der Waals surface area contributed by atoms with Crippen LogP contribution in [0.15, 0.2) is 30.5 Å². The Morgan fingerprint density at radius 2 is 2.33 bits per heavy atom. The first-order valence-corrected chi connectivity index (χ1v) is 8.48. The number of nitrogens with one attached hydrogen (secondary N) is 2. The van der Waals surface area contributed by atoms with Gasteiger partial charge in [-0.1, -0.05) is 0 Å². The molecule has 1 aromatic carbocycles. The molecule has 2 heterocycles. The average molecular weight is 328 g/mol. The first-order chi connectivity index (χ1) is 11.7. The number of rotatable bonds is 5. The summed E-state index contributed by atoms with van der Waals surface area (Å²) in [6, 6.07) is 7.74. The Morgan fingerprint density at radius 1 is 1.46 bits per heavy atom. The number of piperidine rings is 1. The van der Waals surface area contributed by atoms with E-state index in [1.165, 1.54) is 0 Å². The minimum Gasteiger partial charge on any atom is -0.494 e. The zero-order chi connectivity index (χ0) is 16.9. The number of amides is 1. The van der Waals surface area contributed by atoms with Crippen LogP contribution in [-0.2, 0) is 0 Å². The van der Waals surface area contributed by atoms with Gasteiger partial charge in [0.15, 0.2) is 5.69 Å². The van der Waals surface area contributed by atoms with Crippen LogP contribution in [0.1, 0.15) is 41.9 Å². The minimum absolute atomic E-state index is 0.190. The second kappa shape index (κ2) is 7.49. The summed E-state index contributed by atoms with van der Waals surface area (Å²) in [6.45, 7) is 6.48. The Bertz CT molecular complexity index is 705. The highest BCUT2D eigenvalue weighted by Crippen LogP contribution is 2.22. The van der Waals surface area contributed by atoms with Crippen LogP contribution in [0.3, 0.4) is 0 Å². The van der Waals surface area contributed by atoms with Crippen LogP contribution in [0, 0.1) is 6.92 Å². The third kappa shape index (κ3) is 3.76. The molecule has 0 saturated carbocycles. The molecule has 1 atom stereocenters. The highest BCUT2D eigenvalue weighted by Gasteiger charge is 2.18. The molecule has 0 bridgehead atoms. The number of benzene rings is 1. The largest absolute Gasteiger partial charge is 0.494 e. The lowest BCUT2D eigenvalue weighted by Crippen LogP contribution is -2.32. The molecule has 2 aromatic rings. The quantitative estimate of drug-likeness (QED) is 0.885. The molecule has 2 N–H and O–H groups in total. The van der Waals surface area contributed by atoms with Gasteiger partial charge in [0, 0.05) is 18.4 Å². The van der Waals surface area contributed by atoms with E-state index < -0.39 is 0 Å². The van der Waals surface area contributed by atoms with E-state index in [0.29, 0.717) is 18.3 Å². The van der Waals surface area contributed by atoms with Gasteiger partial charge in [-0.15, -0.1) is 0 Å². The number of ether oxygens (including phenoxy) is 1. The summed E-state index contributed by atoms with van der Waals surface area (Å²) in [5.41, 5.74) is 2.18. The first kappa shape index (κ1) is 16.5. The lowest BCUT2D eigenvalue weighted by atomic mass is 10.1. The Hall–Kier alpha value is -2.34. The lowest BCUT2D eigenvalue weighted by molar-refractivity contribution is 0.102. The highest BCUT2D eigenvalue weighted by molar-refractivity contribution is 6.03. The molecule has 1 aromatic heterocycles. The van der Waals surface area contributed by atoms with Gasteiger partial charge in [0.05, 0.1) is 12.6 Å². The third-order valence-electron chi connectivity index (χ3n) is 4.24. The van der Waals surface area contributed by atoms with Gasteiger partial charge in [0.2, 0.25) is 0 Å². The van der Waals surface area contributed by atoms with E-state index in [1.807, 2.05) is 42.9 Å². The van der Waals surface area contributed by atoms with Crippen LogP contribution >= 0.6 is 0 Å². The van der Waals surface area contributed by atoms with Gasteiger partial charge in [-0.25, -0.2) is 0 Å². The van der Waals surface area contributed by atoms with E-state index in [0.717, 1.165) is 42.9 Å². The molecule has 1 saturated heterocycles. The topological polar surface area (TPSA) is 68.2 Å². The van der Waals surface area contributed by atoms with E-state index in [1.54, 1.807) is 6.07 Å². The zero-order valence-electron chi connectivity index (χ0n) is 14.2. The molecule has 1 aliphatic heterocycles. The summed E-state index contributed by atoms with van der Waals surface area (Å²) in [6.07, 6.45) is 4.11. The average Bonchev–Trinajstić information content (AvgIpc) is 3.08. The maximum atomic E-state index is 12.4.